The van der Waals surface area contributed by atoms with E-state index in [0.29, 0.717) is 30.2 Å². The lowest BCUT2D eigenvalue weighted by Crippen LogP contribution is -2.38. The molecule has 1 N–H and O–H groups in total. The van der Waals surface area contributed by atoms with Gasteiger partial charge in [0.05, 0.1) is 25.5 Å². The maximum atomic E-state index is 13.0. The van der Waals surface area contributed by atoms with E-state index in [4.69, 9.17) is 14.2 Å². The first kappa shape index (κ1) is 26.5. The zero-order valence-corrected chi connectivity index (χ0v) is 20.9. The summed E-state index contributed by atoms with van der Waals surface area (Å²) in [6, 6.07) is 12.7. The van der Waals surface area contributed by atoms with E-state index in [1.165, 1.54) is 5.01 Å². The van der Waals surface area contributed by atoms with Crippen molar-refractivity contribution in [3.8, 4) is 11.5 Å². The Morgan fingerprint density at radius 3 is 2.49 bits per heavy atom. The van der Waals surface area contributed by atoms with Crippen LogP contribution in [0.25, 0.3) is 6.08 Å². The molecule has 2 aliphatic heterocycles. The van der Waals surface area contributed by atoms with Gasteiger partial charge in [-0.05, 0) is 43.7 Å². The molecule has 2 amide bonds. The third-order valence-electron chi connectivity index (χ3n) is 5.81. The summed E-state index contributed by atoms with van der Waals surface area (Å²) >= 11 is 0. The van der Waals surface area contributed by atoms with Crippen molar-refractivity contribution in [2.45, 2.75) is 20.3 Å². The number of hydrogen-bond donors (Lipinski definition) is 1. The molecule has 188 valence electrons. The second kappa shape index (κ2) is 12.6. The van der Waals surface area contributed by atoms with Crippen molar-refractivity contribution < 1.29 is 23.8 Å². The van der Waals surface area contributed by atoms with Crippen LogP contribution in [0.5, 0.6) is 11.5 Å². The van der Waals surface area contributed by atoms with Gasteiger partial charge in [-0.25, -0.2) is 5.01 Å². The summed E-state index contributed by atoms with van der Waals surface area (Å²) in [5.74, 6) is 0.503. The number of hydrazine groups is 1. The molecule has 2 heterocycles. The molecule has 0 atom stereocenters. The van der Waals surface area contributed by atoms with E-state index in [2.05, 4.69) is 17.2 Å². The van der Waals surface area contributed by atoms with Gasteiger partial charge in [-0.15, -0.1) is 12.4 Å². The Labute approximate surface area is 212 Å². The number of ether oxygens (including phenoxy) is 3. The molecule has 4 rings (SSSR count). The van der Waals surface area contributed by atoms with Crippen LogP contribution >= 0.6 is 12.4 Å². The predicted molar refractivity (Wildman–Crippen MR) is 137 cm³/mol. The Bertz CT molecular complexity index is 1050. The van der Waals surface area contributed by atoms with Crippen molar-refractivity contribution in [1.29, 1.82) is 0 Å². The molecule has 0 aliphatic carbocycles. The highest BCUT2D eigenvalue weighted by Crippen LogP contribution is 2.34. The van der Waals surface area contributed by atoms with E-state index < -0.39 is 11.8 Å². The van der Waals surface area contributed by atoms with Gasteiger partial charge in [-0.3, -0.25) is 19.9 Å². The molecular formula is C26H32ClN3O5. The molecule has 2 aromatic rings. The van der Waals surface area contributed by atoms with Crippen LogP contribution in [-0.4, -0.2) is 62.8 Å². The minimum absolute atomic E-state index is 0. The minimum atomic E-state index is -0.447. The maximum absolute atomic E-state index is 13.0. The second-order valence-corrected chi connectivity index (χ2v) is 8.23. The maximum Gasteiger partial charge on any atom is 0.282 e. The highest BCUT2D eigenvalue weighted by atomic mass is 35.5. The number of carbonyl (C=O) groups is 2. The first-order valence-electron chi connectivity index (χ1n) is 11.7. The van der Waals surface area contributed by atoms with Crippen LogP contribution in [-0.2, 0) is 14.3 Å². The lowest BCUT2D eigenvalue weighted by molar-refractivity contribution is -0.117. The van der Waals surface area contributed by atoms with E-state index in [1.807, 2.05) is 37.3 Å². The molecule has 2 saturated heterocycles. The highest BCUT2D eigenvalue weighted by molar-refractivity contribution is 6.31. The lowest BCUT2D eigenvalue weighted by atomic mass is 10.0. The van der Waals surface area contributed by atoms with Crippen LogP contribution in [0.3, 0.4) is 0 Å². The van der Waals surface area contributed by atoms with E-state index in [1.54, 1.807) is 18.2 Å². The van der Waals surface area contributed by atoms with Crippen LogP contribution in [0.1, 0.15) is 24.5 Å². The quantitative estimate of drug-likeness (QED) is 0.419. The topological polar surface area (TPSA) is 80.3 Å². The summed E-state index contributed by atoms with van der Waals surface area (Å²) in [5, 5.41) is 1.26. The number of hydrogen-bond acceptors (Lipinski definition) is 6. The molecule has 0 radical (unpaired) electrons. The number of nitrogens with one attached hydrogen (secondary N) is 1. The van der Waals surface area contributed by atoms with Crippen molar-refractivity contribution >= 4 is 36.0 Å². The number of amides is 2. The van der Waals surface area contributed by atoms with Crippen LogP contribution in [0.2, 0.25) is 0 Å². The van der Waals surface area contributed by atoms with Gasteiger partial charge in [-0.2, -0.15) is 0 Å². The van der Waals surface area contributed by atoms with Gasteiger partial charge in [0, 0.05) is 30.8 Å². The second-order valence-electron chi connectivity index (χ2n) is 8.23. The molecule has 0 unspecified atom stereocenters. The zero-order valence-electron chi connectivity index (χ0n) is 20.1. The number of morpholine rings is 1. The summed E-state index contributed by atoms with van der Waals surface area (Å²) in [5.41, 5.74) is 4.81. The Morgan fingerprint density at radius 2 is 1.77 bits per heavy atom. The number of halogens is 1. The fourth-order valence-corrected chi connectivity index (χ4v) is 3.94. The number of anilines is 1. The Balaban J connectivity index is 0.00000342. The third kappa shape index (κ3) is 6.33. The molecule has 2 aromatic carbocycles. The number of benzene rings is 2. The molecule has 9 heteroatoms. The molecule has 0 spiro atoms. The molecule has 8 nitrogen and oxygen atoms in total. The number of carbonyl (C=O) groups excluding carboxylic acids is 2. The fourth-order valence-electron chi connectivity index (χ4n) is 3.94. The van der Waals surface area contributed by atoms with Crippen molar-refractivity contribution in [1.82, 2.24) is 10.3 Å². The van der Waals surface area contributed by atoms with Gasteiger partial charge in [0.15, 0.2) is 0 Å². The number of rotatable bonds is 9. The van der Waals surface area contributed by atoms with E-state index in [0.717, 1.165) is 50.6 Å². The normalized spacial score (nSPS) is 17.3. The summed E-state index contributed by atoms with van der Waals surface area (Å²) in [6.45, 7) is 9.04. The SMILES string of the molecule is CCCOc1ccc(C=C2C(=O)NN(c3ccccc3)C2=O)c(OCCN2CCOCC2)c1C.Cl. The van der Waals surface area contributed by atoms with Crippen LogP contribution < -0.4 is 19.9 Å². The van der Waals surface area contributed by atoms with Crippen LogP contribution in [0, 0.1) is 6.92 Å². The largest absolute Gasteiger partial charge is 0.493 e. The molecule has 0 aromatic heterocycles. The molecular weight excluding hydrogens is 470 g/mol. The number of nitrogens with zero attached hydrogens (tertiary/aromatic N) is 2. The summed E-state index contributed by atoms with van der Waals surface area (Å²) in [4.78, 5) is 28.0. The van der Waals surface area contributed by atoms with Crippen LogP contribution in [0.4, 0.5) is 5.69 Å². The van der Waals surface area contributed by atoms with E-state index in [9.17, 15) is 9.59 Å². The van der Waals surface area contributed by atoms with Crippen molar-refractivity contribution in [2.24, 2.45) is 0 Å². The summed E-state index contributed by atoms with van der Waals surface area (Å²) < 4.78 is 17.5. The van der Waals surface area contributed by atoms with Crippen molar-refractivity contribution in [2.75, 3.05) is 51.1 Å². The number of para-hydroxylation sites is 1. The Morgan fingerprint density at radius 1 is 1.03 bits per heavy atom. The van der Waals surface area contributed by atoms with Gasteiger partial charge in [0.1, 0.15) is 23.7 Å². The summed E-state index contributed by atoms with van der Waals surface area (Å²) in [6.07, 6.45) is 2.49. The highest BCUT2D eigenvalue weighted by Gasteiger charge is 2.34. The molecule has 35 heavy (non-hydrogen) atoms. The Kier molecular flexibility index (Phi) is 9.54. The summed E-state index contributed by atoms with van der Waals surface area (Å²) in [7, 11) is 0. The van der Waals surface area contributed by atoms with Gasteiger partial charge in [-0.1, -0.05) is 25.1 Å². The fraction of sp³-hybridized carbons (Fsp3) is 0.385. The zero-order chi connectivity index (χ0) is 23.9. The van der Waals surface area contributed by atoms with Crippen molar-refractivity contribution in [3.05, 3.63) is 59.2 Å². The molecule has 0 bridgehead atoms. The first-order valence-corrected chi connectivity index (χ1v) is 11.7. The van der Waals surface area contributed by atoms with E-state index >= 15 is 0 Å². The minimum Gasteiger partial charge on any atom is -0.493 e. The predicted octanol–water partition coefficient (Wildman–Crippen LogP) is 3.38. The van der Waals surface area contributed by atoms with E-state index in [-0.39, 0.29) is 18.0 Å². The smallest absolute Gasteiger partial charge is 0.282 e. The standard InChI is InChI=1S/C26H31N3O5.ClH/c1-3-14-33-23-10-9-20(24(19(23)2)34-17-13-28-11-15-32-16-12-28)18-22-25(30)27-29(26(22)31)21-7-5-4-6-8-21;/h4-10,18H,3,11-17H2,1-2H3,(H,27,30);1H. The van der Waals surface area contributed by atoms with Gasteiger partial charge >= 0.3 is 0 Å². The average molecular weight is 502 g/mol. The van der Waals surface area contributed by atoms with Gasteiger partial charge in [0.2, 0.25) is 0 Å². The third-order valence-corrected chi connectivity index (χ3v) is 5.81. The molecule has 2 fully saturated rings. The van der Waals surface area contributed by atoms with Gasteiger partial charge in [0.25, 0.3) is 11.8 Å². The molecule has 0 saturated carbocycles. The van der Waals surface area contributed by atoms with Crippen LogP contribution in [0.15, 0.2) is 48.0 Å². The lowest BCUT2D eigenvalue weighted by Gasteiger charge is -2.26. The molecule has 2 aliphatic rings. The van der Waals surface area contributed by atoms with Gasteiger partial charge < -0.3 is 14.2 Å². The monoisotopic (exact) mass is 501 g/mol. The average Bonchev–Trinajstić information content (AvgIpc) is 3.14. The van der Waals surface area contributed by atoms with Crippen molar-refractivity contribution in [3.63, 3.8) is 0 Å². The Hall–Kier alpha value is -3.07. The first-order chi connectivity index (χ1) is 16.6.